The number of esters is 1. The Kier molecular flexibility index (Phi) is 7.17. The summed E-state index contributed by atoms with van der Waals surface area (Å²) in [6, 6.07) is 0. The number of hydrogen-bond acceptors (Lipinski definition) is 7. The van der Waals surface area contributed by atoms with Gasteiger partial charge in [-0.25, -0.2) is 0 Å². The topological polar surface area (TPSA) is 88.1 Å². The molecule has 0 aromatic heterocycles. The molecule has 0 amide bonds. The average Bonchev–Trinajstić information content (AvgIpc) is 3.21. The summed E-state index contributed by atoms with van der Waals surface area (Å²) in [5.41, 5.74) is 0.771. The highest BCUT2D eigenvalue weighted by Gasteiger charge is 2.67. The molecule has 2 aliphatic carbocycles. The summed E-state index contributed by atoms with van der Waals surface area (Å²) in [4.78, 5) is 40.5. The maximum atomic E-state index is 13.9. The van der Waals surface area contributed by atoms with Gasteiger partial charge in [-0.05, 0) is 45.8 Å². The van der Waals surface area contributed by atoms with Gasteiger partial charge in [0.1, 0.15) is 18.1 Å². The van der Waals surface area contributed by atoms with Crippen LogP contribution in [-0.4, -0.2) is 56.6 Å². The van der Waals surface area contributed by atoms with E-state index in [0.717, 1.165) is 5.57 Å². The molecule has 0 radical (unpaired) electrons. The van der Waals surface area contributed by atoms with Crippen LogP contribution in [0.15, 0.2) is 12.2 Å². The Labute approximate surface area is 205 Å². The molecule has 3 rings (SSSR count). The van der Waals surface area contributed by atoms with Crippen molar-refractivity contribution in [2.75, 3.05) is 6.61 Å². The van der Waals surface area contributed by atoms with Crippen LogP contribution in [0.25, 0.3) is 0 Å². The normalized spacial score (nSPS) is 37.7. The smallest absolute Gasteiger partial charge is 0.316 e. The van der Waals surface area contributed by atoms with Crippen LogP contribution in [0.4, 0.5) is 0 Å². The van der Waals surface area contributed by atoms with E-state index in [9.17, 15) is 14.4 Å². The lowest BCUT2D eigenvalue weighted by molar-refractivity contribution is -0.171. The Bertz CT molecular complexity index is 871. The van der Waals surface area contributed by atoms with Gasteiger partial charge >= 0.3 is 5.97 Å². The molecule has 1 aliphatic heterocycles. The molecule has 0 unspecified atom stereocenters. The SMILES string of the molecule is C=C(C)[C@H]1[C@@H]2OC(C)(C)O[C@@H]2C(=O)[C@@H]1[C@@H]1[C@@H](C(=O)OCC)C(=O)[C@H](C)[C@H]1O[Si](C)(C)C(C)(C)C. The highest BCUT2D eigenvalue weighted by atomic mass is 28.4. The summed E-state index contributed by atoms with van der Waals surface area (Å²) in [5, 5.41) is -0.109. The van der Waals surface area contributed by atoms with Crippen molar-refractivity contribution in [2.24, 2.45) is 29.6 Å². The van der Waals surface area contributed by atoms with Crippen molar-refractivity contribution in [1.29, 1.82) is 0 Å². The van der Waals surface area contributed by atoms with Gasteiger partial charge in [0, 0.05) is 23.7 Å². The number of fused-ring (bicyclic) bond motifs is 1. The lowest BCUT2D eigenvalue weighted by Crippen LogP contribution is -2.49. The van der Waals surface area contributed by atoms with Crippen molar-refractivity contribution in [2.45, 2.75) is 97.6 Å². The Morgan fingerprint density at radius 3 is 2.24 bits per heavy atom. The molecule has 0 bridgehead atoms. The zero-order valence-corrected chi connectivity index (χ0v) is 23.4. The molecule has 0 spiro atoms. The van der Waals surface area contributed by atoms with Crippen LogP contribution in [0.3, 0.4) is 0 Å². The molecule has 0 N–H and O–H groups in total. The molecular weight excluding hydrogens is 452 g/mol. The van der Waals surface area contributed by atoms with Gasteiger partial charge in [-0.15, -0.1) is 0 Å². The summed E-state index contributed by atoms with van der Waals surface area (Å²) >= 11 is 0. The van der Waals surface area contributed by atoms with Gasteiger partial charge in [0.15, 0.2) is 25.7 Å². The fourth-order valence-corrected chi connectivity index (χ4v) is 7.03. The maximum absolute atomic E-state index is 13.9. The van der Waals surface area contributed by atoms with Crippen LogP contribution in [0.1, 0.15) is 55.4 Å². The van der Waals surface area contributed by atoms with Crippen molar-refractivity contribution in [3.63, 3.8) is 0 Å². The molecule has 8 heteroatoms. The van der Waals surface area contributed by atoms with Crippen molar-refractivity contribution < 1.29 is 33.0 Å². The van der Waals surface area contributed by atoms with Gasteiger partial charge in [-0.2, -0.15) is 0 Å². The van der Waals surface area contributed by atoms with Crippen molar-refractivity contribution in [3.05, 3.63) is 12.2 Å². The molecule has 1 heterocycles. The summed E-state index contributed by atoms with van der Waals surface area (Å²) in [6.07, 6.45) is -1.85. The zero-order valence-electron chi connectivity index (χ0n) is 22.4. The first kappa shape index (κ1) is 27.2. The Morgan fingerprint density at radius 2 is 1.74 bits per heavy atom. The molecule has 3 aliphatic rings. The predicted molar refractivity (Wildman–Crippen MR) is 130 cm³/mol. The number of ketones is 2. The third-order valence-corrected chi connectivity index (χ3v) is 12.7. The van der Waals surface area contributed by atoms with Gasteiger partial charge in [-0.1, -0.05) is 39.8 Å². The van der Waals surface area contributed by atoms with E-state index in [-0.39, 0.29) is 29.1 Å². The minimum atomic E-state index is -2.34. The number of carbonyl (C=O) groups is 3. The fourth-order valence-electron chi connectivity index (χ4n) is 5.63. The molecule has 0 aromatic carbocycles. The molecule has 8 atom stereocenters. The summed E-state index contributed by atoms with van der Waals surface area (Å²) < 4.78 is 24.3. The second kappa shape index (κ2) is 8.94. The number of ether oxygens (including phenoxy) is 3. The fraction of sp³-hybridized carbons (Fsp3) is 0.808. The maximum Gasteiger partial charge on any atom is 0.316 e. The molecule has 192 valence electrons. The molecule has 7 nitrogen and oxygen atoms in total. The van der Waals surface area contributed by atoms with Gasteiger partial charge in [0.05, 0.1) is 12.7 Å². The highest BCUT2D eigenvalue weighted by Crippen LogP contribution is 2.54. The van der Waals surface area contributed by atoms with Crippen molar-refractivity contribution in [1.82, 2.24) is 0 Å². The Balaban J connectivity index is 2.12. The molecule has 1 saturated heterocycles. The van der Waals surface area contributed by atoms with E-state index in [0.29, 0.717) is 0 Å². The van der Waals surface area contributed by atoms with Crippen LogP contribution in [0.5, 0.6) is 0 Å². The van der Waals surface area contributed by atoms with Crippen LogP contribution in [0, 0.1) is 29.6 Å². The largest absolute Gasteiger partial charge is 0.465 e. The van der Waals surface area contributed by atoms with Crippen LogP contribution < -0.4 is 0 Å². The second-order valence-corrected chi connectivity index (χ2v) is 16.9. The van der Waals surface area contributed by atoms with E-state index in [2.05, 4.69) is 40.4 Å². The lowest BCUT2D eigenvalue weighted by atomic mass is 9.74. The van der Waals surface area contributed by atoms with Crippen LogP contribution in [0.2, 0.25) is 18.1 Å². The summed E-state index contributed by atoms with van der Waals surface area (Å²) in [5.74, 6) is -5.16. The van der Waals surface area contributed by atoms with E-state index < -0.39 is 62.1 Å². The van der Waals surface area contributed by atoms with E-state index >= 15 is 0 Å². The summed E-state index contributed by atoms with van der Waals surface area (Å²) in [7, 11) is -2.34. The van der Waals surface area contributed by atoms with E-state index in [1.54, 1.807) is 27.7 Å². The minimum absolute atomic E-state index is 0.109. The predicted octanol–water partition coefficient (Wildman–Crippen LogP) is 4.30. The number of carbonyl (C=O) groups excluding carboxylic acids is 3. The lowest BCUT2D eigenvalue weighted by Gasteiger charge is -2.42. The third kappa shape index (κ3) is 4.47. The second-order valence-electron chi connectivity index (χ2n) is 12.2. The molecule has 3 fully saturated rings. The quantitative estimate of drug-likeness (QED) is 0.235. The van der Waals surface area contributed by atoms with Gasteiger partial charge < -0.3 is 18.6 Å². The van der Waals surface area contributed by atoms with E-state index in [1.165, 1.54) is 0 Å². The van der Waals surface area contributed by atoms with E-state index in [4.69, 9.17) is 18.6 Å². The van der Waals surface area contributed by atoms with Crippen LogP contribution >= 0.6 is 0 Å². The summed E-state index contributed by atoms with van der Waals surface area (Å²) in [6.45, 7) is 23.9. The van der Waals surface area contributed by atoms with Gasteiger partial charge in [0.2, 0.25) is 0 Å². The Hall–Kier alpha value is -1.35. The van der Waals surface area contributed by atoms with Gasteiger partial charge in [0.25, 0.3) is 0 Å². The number of rotatable bonds is 6. The average molecular weight is 495 g/mol. The highest BCUT2D eigenvalue weighted by molar-refractivity contribution is 6.74. The molecular formula is C26H42O7Si. The Morgan fingerprint density at radius 1 is 1.15 bits per heavy atom. The minimum Gasteiger partial charge on any atom is -0.465 e. The first-order chi connectivity index (χ1) is 15.4. The molecule has 2 saturated carbocycles. The van der Waals surface area contributed by atoms with Crippen molar-refractivity contribution >= 4 is 25.9 Å². The molecule has 34 heavy (non-hydrogen) atoms. The number of Topliss-reactive ketones (excluding diaryl/α,β-unsaturated/α-hetero) is 2. The van der Waals surface area contributed by atoms with Gasteiger partial charge in [-0.3, -0.25) is 14.4 Å². The third-order valence-electron chi connectivity index (χ3n) is 8.25. The number of hydrogen-bond donors (Lipinski definition) is 0. The first-order valence-electron chi connectivity index (χ1n) is 12.4. The monoisotopic (exact) mass is 494 g/mol. The molecule has 0 aromatic rings. The standard InChI is InChI=1S/C26H42O7Si/c1-12-30-24(29)18-17(21(14(4)19(18)27)33-34(10,11)25(5,6)7)16-15(13(2)3)22-23(20(16)28)32-26(8,9)31-22/h14-18,21-23H,2,12H2,1,3-11H3/t14-,15+,16-,17+,18+,21+,22-,23+/m0/s1. The first-order valence-corrected chi connectivity index (χ1v) is 15.3. The van der Waals surface area contributed by atoms with E-state index in [1.807, 2.05) is 6.92 Å². The van der Waals surface area contributed by atoms with Crippen molar-refractivity contribution in [3.8, 4) is 0 Å². The van der Waals surface area contributed by atoms with Crippen LogP contribution in [-0.2, 0) is 33.0 Å². The zero-order chi connectivity index (χ0) is 26.0.